The third-order valence-electron chi connectivity index (χ3n) is 3.97. The second kappa shape index (κ2) is 6.74. The molecule has 5 heteroatoms. The van der Waals surface area contributed by atoms with Gasteiger partial charge < -0.3 is 15.0 Å². The van der Waals surface area contributed by atoms with Gasteiger partial charge in [-0.25, -0.2) is 0 Å². The minimum Gasteiger partial charge on any atom is -0.494 e. The van der Waals surface area contributed by atoms with Crippen LogP contribution < -0.4 is 15.0 Å². The molecule has 24 heavy (non-hydrogen) atoms. The Kier molecular flexibility index (Phi) is 4.51. The lowest BCUT2D eigenvalue weighted by molar-refractivity contribution is -0.126. The minimum atomic E-state index is -0.610. The van der Waals surface area contributed by atoms with Gasteiger partial charge in [0.15, 0.2) is 0 Å². The molecule has 1 atom stereocenters. The van der Waals surface area contributed by atoms with E-state index in [1.807, 2.05) is 55.5 Å². The number of carbonyl (C=O) groups excluding carboxylic acids is 2. The fraction of sp³-hybridized carbons (Fsp3) is 0.263. The van der Waals surface area contributed by atoms with Crippen LogP contribution in [0.3, 0.4) is 0 Å². The lowest BCUT2D eigenvalue weighted by Crippen LogP contribution is -2.36. The van der Waals surface area contributed by atoms with E-state index in [4.69, 9.17) is 4.74 Å². The fourth-order valence-electron chi connectivity index (χ4n) is 2.93. The number of hydrogen-bond donors (Lipinski definition) is 1. The van der Waals surface area contributed by atoms with Crippen molar-refractivity contribution in [3.63, 3.8) is 0 Å². The van der Waals surface area contributed by atoms with Crippen molar-refractivity contribution in [3.05, 3.63) is 59.7 Å². The van der Waals surface area contributed by atoms with Gasteiger partial charge in [0.25, 0.3) is 5.91 Å². The van der Waals surface area contributed by atoms with Crippen LogP contribution in [-0.4, -0.2) is 18.4 Å². The van der Waals surface area contributed by atoms with Crippen LogP contribution in [0.4, 0.5) is 5.69 Å². The SMILES string of the molecule is CCOc1ccc(CN2C(=O)[C@@H](NC(C)=O)c3ccccc32)cc1. The van der Waals surface area contributed by atoms with Crippen LogP contribution in [-0.2, 0) is 16.1 Å². The van der Waals surface area contributed by atoms with Crippen LogP contribution in [0.1, 0.15) is 31.0 Å². The summed E-state index contributed by atoms with van der Waals surface area (Å²) in [5.74, 6) is 0.483. The summed E-state index contributed by atoms with van der Waals surface area (Å²) < 4.78 is 5.44. The van der Waals surface area contributed by atoms with E-state index >= 15 is 0 Å². The Morgan fingerprint density at radius 3 is 2.54 bits per heavy atom. The average molecular weight is 324 g/mol. The van der Waals surface area contributed by atoms with Crippen molar-refractivity contribution in [2.24, 2.45) is 0 Å². The summed E-state index contributed by atoms with van der Waals surface area (Å²) >= 11 is 0. The summed E-state index contributed by atoms with van der Waals surface area (Å²) in [5, 5.41) is 2.74. The number of hydrogen-bond acceptors (Lipinski definition) is 3. The van der Waals surface area contributed by atoms with Gasteiger partial charge in [0.1, 0.15) is 11.8 Å². The van der Waals surface area contributed by atoms with E-state index in [1.165, 1.54) is 6.92 Å². The molecule has 2 aromatic carbocycles. The third-order valence-corrected chi connectivity index (χ3v) is 3.97. The molecule has 0 aliphatic carbocycles. The molecule has 2 aromatic rings. The molecular weight excluding hydrogens is 304 g/mol. The van der Waals surface area contributed by atoms with Gasteiger partial charge in [0, 0.05) is 18.2 Å². The van der Waals surface area contributed by atoms with E-state index in [-0.39, 0.29) is 11.8 Å². The molecule has 0 bridgehead atoms. The summed E-state index contributed by atoms with van der Waals surface area (Å²) in [6.07, 6.45) is 0. The minimum absolute atomic E-state index is 0.111. The number of nitrogens with zero attached hydrogens (tertiary/aromatic N) is 1. The van der Waals surface area contributed by atoms with Gasteiger partial charge in [-0.1, -0.05) is 30.3 Å². The van der Waals surface area contributed by atoms with Gasteiger partial charge in [0.05, 0.1) is 13.2 Å². The van der Waals surface area contributed by atoms with Crippen LogP contribution >= 0.6 is 0 Å². The molecule has 0 aromatic heterocycles. The highest BCUT2D eigenvalue weighted by Crippen LogP contribution is 2.36. The maximum absolute atomic E-state index is 12.8. The zero-order valence-corrected chi connectivity index (χ0v) is 13.8. The number of fused-ring (bicyclic) bond motifs is 1. The number of rotatable bonds is 5. The Morgan fingerprint density at radius 1 is 1.17 bits per heavy atom. The van der Waals surface area contributed by atoms with Crippen molar-refractivity contribution >= 4 is 17.5 Å². The molecule has 0 radical (unpaired) electrons. The molecule has 3 rings (SSSR count). The topological polar surface area (TPSA) is 58.6 Å². The van der Waals surface area contributed by atoms with Crippen LogP contribution in [0.15, 0.2) is 48.5 Å². The number of carbonyl (C=O) groups is 2. The van der Waals surface area contributed by atoms with Crippen molar-refractivity contribution in [1.82, 2.24) is 5.32 Å². The van der Waals surface area contributed by atoms with Crippen molar-refractivity contribution in [1.29, 1.82) is 0 Å². The second-order valence-corrected chi connectivity index (χ2v) is 5.69. The maximum atomic E-state index is 12.8. The summed E-state index contributed by atoms with van der Waals surface area (Å²) in [6, 6.07) is 14.7. The van der Waals surface area contributed by atoms with Gasteiger partial charge >= 0.3 is 0 Å². The molecular formula is C19H20N2O3. The molecule has 1 heterocycles. The lowest BCUT2D eigenvalue weighted by atomic mass is 10.1. The van der Waals surface area contributed by atoms with Gasteiger partial charge in [-0.15, -0.1) is 0 Å². The first-order valence-electron chi connectivity index (χ1n) is 7.99. The third kappa shape index (κ3) is 3.11. The van der Waals surface area contributed by atoms with Gasteiger partial charge in [-0.3, -0.25) is 9.59 Å². The van der Waals surface area contributed by atoms with Crippen LogP contribution in [0.2, 0.25) is 0 Å². The molecule has 2 amide bonds. The standard InChI is InChI=1S/C19H20N2O3/c1-3-24-15-10-8-14(9-11-15)12-21-17-7-5-4-6-16(17)18(19(21)23)20-13(2)22/h4-11,18H,3,12H2,1-2H3,(H,20,22)/t18-/m0/s1. The monoisotopic (exact) mass is 324 g/mol. The van der Waals surface area contributed by atoms with E-state index in [2.05, 4.69) is 5.32 Å². The molecule has 0 fully saturated rings. The zero-order chi connectivity index (χ0) is 17.1. The first kappa shape index (κ1) is 16.1. The Balaban J connectivity index is 1.85. The number of benzene rings is 2. The Bertz CT molecular complexity index is 755. The highest BCUT2D eigenvalue weighted by atomic mass is 16.5. The van der Waals surface area contributed by atoms with Crippen LogP contribution in [0, 0.1) is 0 Å². The molecule has 124 valence electrons. The van der Waals surface area contributed by atoms with Crippen LogP contribution in [0.25, 0.3) is 0 Å². The predicted octanol–water partition coefficient (Wildman–Crippen LogP) is 2.81. The van der Waals surface area contributed by atoms with E-state index in [9.17, 15) is 9.59 Å². The molecule has 1 N–H and O–H groups in total. The summed E-state index contributed by atoms with van der Waals surface area (Å²) in [6.45, 7) is 4.44. The predicted molar refractivity (Wildman–Crippen MR) is 91.8 cm³/mol. The number of ether oxygens (including phenoxy) is 1. The largest absolute Gasteiger partial charge is 0.494 e. The Morgan fingerprint density at radius 2 is 1.88 bits per heavy atom. The lowest BCUT2D eigenvalue weighted by Gasteiger charge is -2.18. The highest BCUT2D eigenvalue weighted by Gasteiger charge is 2.37. The second-order valence-electron chi connectivity index (χ2n) is 5.69. The van der Waals surface area contributed by atoms with Crippen molar-refractivity contribution < 1.29 is 14.3 Å². The Labute approximate surface area is 141 Å². The quantitative estimate of drug-likeness (QED) is 0.920. The van der Waals surface area contributed by atoms with E-state index in [1.54, 1.807) is 4.90 Å². The molecule has 0 saturated heterocycles. The zero-order valence-electron chi connectivity index (χ0n) is 13.8. The average Bonchev–Trinajstić information content (AvgIpc) is 2.82. The fourth-order valence-corrected chi connectivity index (χ4v) is 2.93. The smallest absolute Gasteiger partial charge is 0.254 e. The van der Waals surface area contributed by atoms with E-state index in [0.717, 1.165) is 22.6 Å². The molecule has 0 spiro atoms. The first-order chi connectivity index (χ1) is 11.6. The van der Waals surface area contributed by atoms with Crippen LogP contribution in [0.5, 0.6) is 5.75 Å². The van der Waals surface area contributed by atoms with E-state index < -0.39 is 6.04 Å². The number of para-hydroxylation sites is 1. The number of anilines is 1. The first-order valence-corrected chi connectivity index (χ1v) is 7.99. The molecule has 0 unspecified atom stereocenters. The van der Waals surface area contributed by atoms with Crippen molar-refractivity contribution in [2.45, 2.75) is 26.4 Å². The van der Waals surface area contributed by atoms with E-state index in [0.29, 0.717) is 13.2 Å². The Hall–Kier alpha value is -2.82. The highest BCUT2D eigenvalue weighted by molar-refractivity contribution is 6.06. The summed E-state index contributed by atoms with van der Waals surface area (Å²) in [5.41, 5.74) is 2.68. The number of amides is 2. The maximum Gasteiger partial charge on any atom is 0.254 e. The summed E-state index contributed by atoms with van der Waals surface area (Å²) in [4.78, 5) is 25.9. The molecule has 1 aliphatic heterocycles. The molecule has 5 nitrogen and oxygen atoms in total. The molecule has 1 aliphatic rings. The van der Waals surface area contributed by atoms with Gasteiger partial charge in [-0.05, 0) is 30.7 Å². The van der Waals surface area contributed by atoms with Crippen molar-refractivity contribution in [2.75, 3.05) is 11.5 Å². The summed E-state index contributed by atoms with van der Waals surface area (Å²) in [7, 11) is 0. The normalized spacial score (nSPS) is 16.0. The van der Waals surface area contributed by atoms with Crippen molar-refractivity contribution in [3.8, 4) is 5.75 Å². The van der Waals surface area contributed by atoms with Gasteiger partial charge in [0.2, 0.25) is 5.91 Å². The van der Waals surface area contributed by atoms with Gasteiger partial charge in [-0.2, -0.15) is 0 Å². The molecule has 0 saturated carbocycles. The number of nitrogens with one attached hydrogen (secondary N) is 1.